The molecule has 0 radical (unpaired) electrons. The van der Waals surface area contributed by atoms with Crippen LogP contribution in [-0.2, 0) is 0 Å². The highest BCUT2D eigenvalue weighted by Crippen LogP contribution is 2.40. The molecule has 3 fully saturated rings. The van der Waals surface area contributed by atoms with Gasteiger partial charge in [-0.1, -0.05) is 60.7 Å². The summed E-state index contributed by atoms with van der Waals surface area (Å²) in [5.41, 5.74) is 9.48. The minimum Gasteiger partial charge on any atom is -0.326 e. The molecular formula is C20H24N2. The van der Waals surface area contributed by atoms with Gasteiger partial charge in [0.15, 0.2) is 0 Å². The first-order chi connectivity index (χ1) is 10.8. The first kappa shape index (κ1) is 14.0. The van der Waals surface area contributed by atoms with E-state index in [1.807, 2.05) is 0 Å². The van der Waals surface area contributed by atoms with E-state index in [1.165, 1.54) is 37.1 Å². The average molecular weight is 292 g/mol. The molecule has 2 heteroatoms. The van der Waals surface area contributed by atoms with Gasteiger partial charge in [-0.15, -0.1) is 0 Å². The summed E-state index contributed by atoms with van der Waals surface area (Å²) in [5.74, 6) is 1.07. The summed E-state index contributed by atoms with van der Waals surface area (Å²) >= 11 is 0. The predicted molar refractivity (Wildman–Crippen MR) is 90.8 cm³/mol. The summed E-state index contributed by atoms with van der Waals surface area (Å²) in [4.78, 5) is 2.63. The second kappa shape index (κ2) is 5.86. The predicted octanol–water partition coefficient (Wildman–Crippen LogP) is 3.24. The fourth-order valence-corrected chi connectivity index (χ4v) is 4.47. The van der Waals surface area contributed by atoms with E-state index in [9.17, 15) is 0 Å². The van der Waals surface area contributed by atoms with E-state index >= 15 is 0 Å². The van der Waals surface area contributed by atoms with Crippen molar-refractivity contribution in [1.29, 1.82) is 0 Å². The fourth-order valence-electron chi connectivity index (χ4n) is 4.47. The van der Waals surface area contributed by atoms with Crippen LogP contribution in [0.4, 0.5) is 0 Å². The Kier molecular flexibility index (Phi) is 3.73. The number of piperidine rings is 3. The zero-order chi connectivity index (χ0) is 14.9. The van der Waals surface area contributed by atoms with Crippen molar-refractivity contribution in [3.8, 4) is 0 Å². The van der Waals surface area contributed by atoms with E-state index in [4.69, 9.17) is 5.73 Å². The monoisotopic (exact) mass is 292 g/mol. The molecule has 3 aliphatic heterocycles. The van der Waals surface area contributed by atoms with Crippen molar-refractivity contribution in [3.63, 3.8) is 0 Å². The van der Waals surface area contributed by atoms with Crippen molar-refractivity contribution >= 4 is 0 Å². The van der Waals surface area contributed by atoms with Crippen LogP contribution < -0.4 is 5.73 Å². The molecule has 0 aromatic heterocycles. The topological polar surface area (TPSA) is 29.3 Å². The van der Waals surface area contributed by atoms with E-state index in [0.29, 0.717) is 17.9 Å². The van der Waals surface area contributed by atoms with Crippen molar-refractivity contribution in [2.45, 2.75) is 30.8 Å². The molecule has 0 unspecified atom stereocenters. The van der Waals surface area contributed by atoms with Gasteiger partial charge in [-0.05, 0) is 43.0 Å². The molecule has 0 spiro atoms. The first-order valence-electron chi connectivity index (χ1n) is 8.44. The van der Waals surface area contributed by atoms with Gasteiger partial charge in [0.2, 0.25) is 0 Å². The summed E-state index contributed by atoms with van der Waals surface area (Å²) in [7, 11) is 0. The summed E-state index contributed by atoms with van der Waals surface area (Å²) in [5, 5.41) is 0. The minimum absolute atomic E-state index is 0.285. The molecule has 2 N–H and O–H groups in total. The van der Waals surface area contributed by atoms with Crippen LogP contribution in [0, 0.1) is 5.92 Å². The highest BCUT2D eigenvalue weighted by atomic mass is 15.2. The Bertz CT molecular complexity index is 561. The van der Waals surface area contributed by atoms with Crippen LogP contribution in [0.1, 0.15) is 29.9 Å². The largest absolute Gasteiger partial charge is 0.326 e. The molecule has 2 bridgehead atoms. The smallest absolute Gasteiger partial charge is 0.0359 e. The van der Waals surface area contributed by atoms with Crippen LogP contribution in [0.2, 0.25) is 0 Å². The maximum atomic E-state index is 6.70. The third-order valence-electron chi connectivity index (χ3n) is 5.59. The van der Waals surface area contributed by atoms with Gasteiger partial charge in [-0.25, -0.2) is 0 Å². The van der Waals surface area contributed by atoms with Gasteiger partial charge < -0.3 is 5.73 Å². The summed E-state index contributed by atoms with van der Waals surface area (Å²) in [6.45, 7) is 2.42. The van der Waals surface area contributed by atoms with Crippen molar-refractivity contribution in [2.24, 2.45) is 11.7 Å². The van der Waals surface area contributed by atoms with Gasteiger partial charge >= 0.3 is 0 Å². The Morgan fingerprint density at radius 3 is 1.77 bits per heavy atom. The third-order valence-corrected chi connectivity index (χ3v) is 5.59. The molecule has 2 aromatic carbocycles. The highest BCUT2D eigenvalue weighted by Gasteiger charge is 2.44. The van der Waals surface area contributed by atoms with Gasteiger partial charge in [0.05, 0.1) is 0 Å². The van der Waals surface area contributed by atoms with Gasteiger partial charge in [0.25, 0.3) is 0 Å². The molecule has 2 nitrogen and oxygen atoms in total. The maximum Gasteiger partial charge on any atom is 0.0359 e. The van der Waals surface area contributed by atoms with Gasteiger partial charge in [-0.3, -0.25) is 4.90 Å². The molecule has 5 rings (SSSR count). The number of fused-ring (bicyclic) bond motifs is 3. The van der Waals surface area contributed by atoms with Gasteiger partial charge in [0.1, 0.15) is 0 Å². The van der Waals surface area contributed by atoms with Gasteiger partial charge in [0, 0.05) is 18.0 Å². The maximum absolute atomic E-state index is 6.70. The zero-order valence-electron chi connectivity index (χ0n) is 12.9. The molecule has 2 aromatic rings. The highest BCUT2D eigenvalue weighted by molar-refractivity contribution is 5.35. The Labute approximate surface area is 132 Å². The first-order valence-corrected chi connectivity index (χ1v) is 8.44. The quantitative estimate of drug-likeness (QED) is 0.941. The second-order valence-corrected chi connectivity index (χ2v) is 6.74. The lowest BCUT2D eigenvalue weighted by atomic mass is 9.71. The van der Waals surface area contributed by atoms with E-state index in [1.54, 1.807) is 0 Å². The molecule has 0 aliphatic carbocycles. The van der Waals surface area contributed by atoms with Crippen LogP contribution in [0.5, 0.6) is 0 Å². The number of hydrogen-bond acceptors (Lipinski definition) is 2. The molecule has 3 heterocycles. The normalized spacial score (nSPS) is 30.6. The lowest BCUT2D eigenvalue weighted by Gasteiger charge is -2.52. The molecule has 3 aliphatic rings. The Morgan fingerprint density at radius 2 is 1.32 bits per heavy atom. The molecule has 0 saturated carbocycles. The zero-order valence-corrected chi connectivity index (χ0v) is 12.9. The molecule has 0 amide bonds. The second-order valence-electron chi connectivity index (χ2n) is 6.74. The van der Waals surface area contributed by atoms with E-state index in [2.05, 4.69) is 65.6 Å². The summed E-state index contributed by atoms with van der Waals surface area (Å²) < 4.78 is 0. The number of hydrogen-bond donors (Lipinski definition) is 1. The fraction of sp³-hybridized carbons (Fsp3) is 0.400. The van der Waals surface area contributed by atoms with Crippen LogP contribution in [0.15, 0.2) is 60.7 Å². The molecule has 114 valence electrons. The molecule has 22 heavy (non-hydrogen) atoms. The SMILES string of the molecule is N[C@@H]1C2CCN(CC2)[C@@H]1C(c1ccccc1)c1ccccc1. The van der Waals surface area contributed by atoms with Gasteiger partial charge in [-0.2, -0.15) is 0 Å². The van der Waals surface area contributed by atoms with E-state index in [-0.39, 0.29) is 6.04 Å². The minimum atomic E-state index is 0.285. The number of nitrogens with two attached hydrogens (primary N) is 1. The van der Waals surface area contributed by atoms with Crippen LogP contribution in [0.3, 0.4) is 0 Å². The molecule has 3 saturated heterocycles. The van der Waals surface area contributed by atoms with Crippen molar-refractivity contribution < 1.29 is 0 Å². The Balaban J connectivity index is 1.78. The number of nitrogens with zero attached hydrogens (tertiary/aromatic N) is 1. The van der Waals surface area contributed by atoms with Crippen molar-refractivity contribution in [1.82, 2.24) is 4.90 Å². The summed E-state index contributed by atoms with van der Waals surface area (Å²) in [6, 6.07) is 22.5. The average Bonchev–Trinajstić information content (AvgIpc) is 2.60. The number of rotatable bonds is 3. The molecule has 2 atom stereocenters. The Hall–Kier alpha value is -1.64. The molecular weight excluding hydrogens is 268 g/mol. The third kappa shape index (κ3) is 2.37. The van der Waals surface area contributed by atoms with E-state index in [0.717, 1.165) is 0 Å². The number of benzene rings is 2. The van der Waals surface area contributed by atoms with Crippen LogP contribution in [-0.4, -0.2) is 30.1 Å². The Morgan fingerprint density at radius 1 is 0.818 bits per heavy atom. The van der Waals surface area contributed by atoms with Crippen LogP contribution >= 0.6 is 0 Å². The van der Waals surface area contributed by atoms with Crippen LogP contribution in [0.25, 0.3) is 0 Å². The van der Waals surface area contributed by atoms with Crippen molar-refractivity contribution in [2.75, 3.05) is 13.1 Å². The lowest BCUT2D eigenvalue weighted by Crippen LogP contribution is -2.63. The standard InChI is InChI=1S/C20H24N2/c21-19-17-11-13-22(14-12-17)20(19)18(15-7-3-1-4-8-15)16-9-5-2-6-10-16/h1-10,17-20H,11-14,21H2/t19-,20-/m1/s1. The van der Waals surface area contributed by atoms with Crippen molar-refractivity contribution in [3.05, 3.63) is 71.8 Å². The lowest BCUT2D eigenvalue weighted by molar-refractivity contribution is 0.0204. The van der Waals surface area contributed by atoms with E-state index < -0.39 is 0 Å². The summed E-state index contributed by atoms with van der Waals surface area (Å²) in [6.07, 6.45) is 2.54.